The van der Waals surface area contributed by atoms with Gasteiger partial charge in [0.15, 0.2) is 0 Å². The summed E-state index contributed by atoms with van der Waals surface area (Å²) in [5.74, 6) is 0.364. The zero-order valence-corrected chi connectivity index (χ0v) is 27.8. The van der Waals surface area contributed by atoms with Crippen LogP contribution in [0.1, 0.15) is 78.1 Å². The van der Waals surface area contributed by atoms with Gasteiger partial charge in [-0.25, -0.2) is 0 Å². The predicted octanol–water partition coefficient (Wildman–Crippen LogP) is 5.69. The van der Waals surface area contributed by atoms with E-state index in [1.807, 2.05) is 30.3 Å². The number of carbonyl (C=O) groups excluding carboxylic acids is 4. The van der Waals surface area contributed by atoms with Crippen LogP contribution in [0, 0.1) is 23.2 Å². The van der Waals surface area contributed by atoms with Gasteiger partial charge in [-0.05, 0) is 105 Å². The summed E-state index contributed by atoms with van der Waals surface area (Å²) in [4.78, 5) is 52.3. The average molecular weight is 669 g/mol. The van der Waals surface area contributed by atoms with Gasteiger partial charge in [0.05, 0.1) is 24.5 Å². The zero-order valence-electron chi connectivity index (χ0n) is 27.8. The minimum atomic E-state index is -1.34. The Bertz CT molecular complexity index is 1620. The normalized spacial score (nSPS) is 23.2. The molecule has 2 atom stereocenters. The molecule has 4 fully saturated rings. The maximum Gasteiger partial charge on any atom is 0.312 e. The third kappa shape index (κ3) is 8.48. The first-order chi connectivity index (χ1) is 23.7. The monoisotopic (exact) mass is 668 g/mol. The Morgan fingerprint density at radius 3 is 2.14 bits per heavy atom. The third-order valence-electron chi connectivity index (χ3n) is 10.1. The van der Waals surface area contributed by atoms with E-state index in [-0.39, 0.29) is 37.1 Å². The molecule has 4 aliphatic rings. The molecule has 4 saturated carbocycles. The van der Waals surface area contributed by atoms with Crippen molar-refractivity contribution < 1.29 is 38.5 Å². The molecule has 258 valence electrons. The lowest BCUT2D eigenvalue weighted by Crippen LogP contribution is -2.52. The summed E-state index contributed by atoms with van der Waals surface area (Å²) in [6, 6.07) is 21.8. The van der Waals surface area contributed by atoms with Gasteiger partial charge >= 0.3 is 11.9 Å². The minimum absolute atomic E-state index is 0.139. The number of aliphatic hydroxyl groups excluding tert-OH is 1. The van der Waals surface area contributed by atoms with Gasteiger partial charge in [-0.15, -0.1) is 0 Å². The lowest BCUT2D eigenvalue weighted by atomic mass is 9.49. The first kappa shape index (κ1) is 34.2. The Morgan fingerprint density at radius 1 is 0.816 bits per heavy atom. The SMILES string of the molecule is CCOC(=O)C[C@@H](NC(=O)c1cccc(NC(=O)c2cccc(OCc3ccccc3)c2)c1)[C@H](O)COC(=O)C12CC3CC(CC(C3)C1)C2. The Kier molecular flexibility index (Phi) is 10.6. The molecule has 0 heterocycles. The number of aliphatic hydroxyl groups is 1. The third-order valence-corrected chi connectivity index (χ3v) is 10.1. The second-order valence-corrected chi connectivity index (χ2v) is 13.8. The van der Waals surface area contributed by atoms with Crippen LogP contribution in [0.5, 0.6) is 5.75 Å². The Labute approximate surface area is 286 Å². The van der Waals surface area contributed by atoms with Gasteiger partial charge < -0.3 is 30.0 Å². The van der Waals surface area contributed by atoms with Crippen molar-refractivity contribution in [1.29, 1.82) is 0 Å². The van der Waals surface area contributed by atoms with E-state index < -0.39 is 29.4 Å². The highest BCUT2D eigenvalue weighted by atomic mass is 16.5. The topological polar surface area (TPSA) is 140 Å². The van der Waals surface area contributed by atoms with E-state index in [9.17, 15) is 24.3 Å². The molecule has 0 saturated heterocycles. The summed E-state index contributed by atoms with van der Waals surface area (Å²) >= 11 is 0. The summed E-state index contributed by atoms with van der Waals surface area (Å²) in [5, 5.41) is 16.6. The molecular weight excluding hydrogens is 624 g/mol. The molecule has 3 aromatic carbocycles. The molecule has 0 radical (unpaired) electrons. The van der Waals surface area contributed by atoms with Crippen LogP contribution >= 0.6 is 0 Å². The number of ether oxygens (including phenoxy) is 3. The lowest BCUT2D eigenvalue weighted by molar-refractivity contribution is -0.174. The van der Waals surface area contributed by atoms with Gasteiger partial charge in [0.2, 0.25) is 0 Å². The quantitative estimate of drug-likeness (QED) is 0.186. The number of amides is 2. The van der Waals surface area contributed by atoms with Crippen LogP contribution in [0.4, 0.5) is 5.69 Å². The Balaban J connectivity index is 1.07. The van der Waals surface area contributed by atoms with Crippen LogP contribution in [-0.4, -0.2) is 54.2 Å². The van der Waals surface area contributed by atoms with Crippen molar-refractivity contribution in [2.75, 3.05) is 18.5 Å². The molecule has 7 rings (SSSR count). The van der Waals surface area contributed by atoms with Gasteiger partial charge in [0.25, 0.3) is 11.8 Å². The van der Waals surface area contributed by atoms with Gasteiger partial charge in [-0.1, -0.05) is 42.5 Å². The van der Waals surface area contributed by atoms with Crippen molar-refractivity contribution in [2.24, 2.45) is 23.2 Å². The zero-order chi connectivity index (χ0) is 34.4. The number of hydrogen-bond acceptors (Lipinski definition) is 8. The summed E-state index contributed by atoms with van der Waals surface area (Å²) < 4.78 is 16.6. The van der Waals surface area contributed by atoms with Crippen LogP contribution in [0.15, 0.2) is 78.9 Å². The number of carbonyl (C=O) groups is 4. The van der Waals surface area contributed by atoms with Gasteiger partial charge in [0.1, 0.15) is 25.1 Å². The molecule has 10 heteroatoms. The summed E-state index contributed by atoms with van der Waals surface area (Å²) in [6.45, 7) is 1.82. The Hall–Kier alpha value is -4.70. The maximum absolute atomic E-state index is 13.4. The van der Waals surface area contributed by atoms with Crippen molar-refractivity contribution in [3.8, 4) is 5.75 Å². The number of esters is 2. The molecule has 0 aliphatic heterocycles. The van der Waals surface area contributed by atoms with Crippen molar-refractivity contribution in [1.82, 2.24) is 5.32 Å². The summed E-state index contributed by atoms with van der Waals surface area (Å²) in [5.41, 5.74) is 1.46. The van der Waals surface area contributed by atoms with E-state index >= 15 is 0 Å². The highest BCUT2D eigenvalue weighted by Crippen LogP contribution is 2.60. The number of nitrogens with one attached hydrogen (secondary N) is 2. The maximum atomic E-state index is 13.4. The molecular formula is C39H44N2O8. The highest BCUT2D eigenvalue weighted by Gasteiger charge is 2.55. The fraction of sp³-hybridized carbons (Fsp3) is 0.436. The fourth-order valence-electron chi connectivity index (χ4n) is 8.13. The molecule has 0 unspecified atom stereocenters. The average Bonchev–Trinajstić information content (AvgIpc) is 3.09. The predicted molar refractivity (Wildman–Crippen MR) is 182 cm³/mol. The van der Waals surface area contributed by atoms with Crippen molar-refractivity contribution in [3.05, 3.63) is 95.6 Å². The van der Waals surface area contributed by atoms with E-state index in [4.69, 9.17) is 14.2 Å². The summed E-state index contributed by atoms with van der Waals surface area (Å²) in [6.07, 6.45) is 4.40. The largest absolute Gasteiger partial charge is 0.489 e. The number of rotatable bonds is 14. The number of hydrogen-bond donors (Lipinski definition) is 3. The van der Waals surface area contributed by atoms with Crippen LogP contribution < -0.4 is 15.4 Å². The van der Waals surface area contributed by atoms with Crippen LogP contribution in [0.2, 0.25) is 0 Å². The highest BCUT2D eigenvalue weighted by molar-refractivity contribution is 6.05. The Morgan fingerprint density at radius 2 is 1.47 bits per heavy atom. The first-order valence-electron chi connectivity index (χ1n) is 17.2. The van der Waals surface area contributed by atoms with Gasteiger partial charge in [-0.3, -0.25) is 19.2 Å². The van der Waals surface area contributed by atoms with Gasteiger partial charge in [0, 0.05) is 16.8 Å². The molecule has 4 aliphatic carbocycles. The second kappa shape index (κ2) is 15.2. The van der Waals surface area contributed by atoms with Gasteiger partial charge in [-0.2, -0.15) is 0 Å². The molecule has 0 aromatic heterocycles. The molecule has 4 bridgehead atoms. The minimum Gasteiger partial charge on any atom is -0.489 e. The second-order valence-electron chi connectivity index (χ2n) is 13.8. The van der Waals surface area contributed by atoms with E-state index in [2.05, 4.69) is 10.6 Å². The lowest BCUT2D eigenvalue weighted by Gasteiger charge is -2.55. The van der Waals surface area contributed by atoms with E-state index in [0.29, 0.717) is 41.4 Å². The van der Waals surface area contributed by atoms with Crippen molar-refractivity contribution in [2.45, 2.75) is 70.6 Å². The standard InChI is InChI=1S/C39H44N2O8/c1-2-47-35(43)19-33(34(42)24-49-38(46)39-20-26-14-27(21-39)16-28(15-26)22-39)41-37(45)29-10-6-12-31(17-29)40-36(44)30-11-7-13-32(18-30)48-23-25-8-4-3-5-9-25/h3-13,17-18,26-28,33-34,42H,2,14-16,19-24H2,1H3,(H,40,44)(H,41,45)/t26?,27?,28?,33-,34-,39?/m1/s1. The molecule has 3 aromatic rings. The molecule has 3 N–H and O–H groups in total. The van der Waals surface area contributed by atoms with Crippen LogP contribution in [0.25, 0.3) is 0 Å². The van der Waals surface area contributed by atoms with Crippen LogP contribution in [-0.2, 0) is 25.7 Å². The van der Waals surface area contributed by atoms with Crippen molar-refractivity contribution >= 4 is 29.4 Å². The number of anilines is 1. The first-order valence-corrected chi connectivity index (χ1v) is 17.2. The fourth-order valence-corrected chi connectivity index (χ4v) is 8.13. The van der Waals surface area contributed by atoms with Crippen LogP contribution in [0.3, 0.4) is 0 Å². The molecule has 0 spiro atoms. The van der Waals surface area contributed by atoms with E-state index in [0.717, 1.165) is 24.8 Å². The molecule has 10 nitrogen and oxygen atoms in total. The molecule has 2 amide bonds. The van der Waals surface area contributed by atoms with E-state index in [1.54, 1.807) is 49.4 Å². The smallest absolute Gasteiger partial charge is 0.312 e. The van der Waals surface area contributed by atoms with E-state index in [1.165, 1.54) is 25.3 Å². The summed E-state index contributed by atoms with van der Waals surface area (Å²) in [7, 11) is 0. The number of benzene rings is 3. The molecule has 49 heavy (non-hydrogen) atoms. The van der Waals surface area contributed by atoms with Crippen molar-refractivity contribution in [3.63, 3.8) is 0 Å².